The first-order chi connectivity index (χ1) is 19.5. The van der Waals surface area contributed by atoms with Gasteiger partial charge in [-0.2, -0.15) is 0 Å². The molecule has 40 heavy (non-hydrogen) atoms. The van der Waals surface area contributed by atoms with Gasteiger partial charge >= 0.3 is 11.9 Å². The van der Waals surface area contributed by atoms with E-state index in [2.05, 4.69) is 19.1 Å². The highest BCUT2D eigenvalue weighted by Gasteiger charge is 2.47. The summed E-state index contributed by atoms with van der Waals surface area (Å²) in [5, 5.41) is 0. The van der Waals surface area contributed by atoms with Gasteiger partial charge in [0.15, 0.2) is 18.5 Å². The molecule has 2 atom stereocenters. The topological polar surface area (TPSA) is 80.3 Å². The van der Waals surface area contributed by atoms with Crippen LogP contribution in [0.5, 0.6) is 5.75 Å². The standard InChI is InChI=1S/C33H42O7/c1-4-8-23-10-12-24(13-11-23)9-7-22-38-28-20-18-26(19-21-28)25-14-16-27(17-15-25)33-39-29(31(34)36-5-2)30(40-33)32(35)37-6-3/h7,9,14-21,23-24,29-30,33H,4-6,8,10-13,22H2,1-3H3/b9-7+/t23-,24-,29-,30-/m1/s1. The van der Waals surface area contributed by atoms with Gasteiger partial charge in [0.05, 0.1) is 13.2 Å². The molecule has 2 aromatic rings. The molecule has 1 saturated heterocycles. The van der Waals surface area contributed by atoms with Crippen LogP contribution in [0.4, 0.5) is 0 Å². The van der Waals surface area contributed by atoms with Gasteiger partial charge in [0.1, 0.15) is 12.4 Å². The van der Waals surface area contributed by atoms with Crippen LogP contribution in [0.3, 0.4) is 0 Å². The first-order valence-electron chi connectivity index (χ1n) is 14.7. The minimum atomic E-state index is -1.17. The van der Waals surface area contributed by atoms with E-state index in [0.717, 1.165) is 22.8 Å². The van der Waals surface area contributed by atoms with Gasteiger partial charge in [0, 0.05) is 5.56 Å². The van der Waals surface area contributed by atoms with Crippen molar-refractivity contribution in [1.82, 2.24) is 0 Å². The molecule has 1 aliphatic heterocycles. The van der Waals surface area contributed by atoms with Crippen LogP contribution in [0.25, 0.3) is 11.1 Å². The molecule has 2 aromatic carbocycles. The molecule has 0 amide bonds. The summed E-state index contributed by atoms with van der Waals surface area (Å²) in [5.74, 6) is 1.16. The van der Waals surface area contributed by atoms with E-state index >= 15 is 0 Å². The quantitative estimate of drug-likeness (QED) is 0.212. The number of ether oxygens (including phenoxy) is 5. The molecule has 2 aliphatic rings. The summed E-state index contributed by atoms with van der Waals surface area (Å²) in [5.41, 5.74) is 2.74. The lowest BCUT2D eigenvalue weighted by molar-refractivity contribution is -0.163. The van der Waals surface area contributed by atoms with Gasteiger partial charge in [-0.25, -0.2) is 9.59 Å². The zero-order chi connectivity index (χ0) is 28.3. The van der Waals surface area contributed by atoms with Crippen LogP contribution in [0.15, 0.2) is 60.7 Å². The number of carbonyl (C=O) groups excluding carboxylic acids is 2. The van der Waals surface area contributed by atoms with Crippen molar-refractivity contribution in [2.24, 2.45) is 11.8 Å². The minimum Gasteiger partial charge on any atom is -0.490 e. The second-order valence-electron chi connectivity index (χ2n) is 10.4. The Kier molecular flexibility index (Phi) is 11.2. The van der Waals surface area contributed by atoms with Gasteiger partial charge in [0.2, 0.25) is 0 Å². The average Bonchev–Trinajstić information content (AvgIpc) is 3.43. The highest BCUT2D eigenvalue weighted by atomic mass is 16.8. The van der Waals surface area contributed by atoms with Crippen LogP contribution < -0.4 is 4.74 Å². The van der Waals surface area contributed by atoms with E-state index in [-0.39, 0.29) is 13.2 Å². The molecule has 216 valence electrons. The van der Waals surface area contributed by atoms with Crippen molar-refractivity contribution >= 4 is 11.9 Å². The highest BCUT2D eigenvalue weighted by molar-refractivity contribution is 5.86. The third kappa shape index (κ3) is 7.95. The number of esters is 2. The molecule has 0 N–H and O–H groups in total. The summed E-state index contributed by atoms with van der Waals surface area (Å²) >= 11 is 0. The van der Waals surface area contributed by atoms with E-state index in [1.807, 2.05) is 48.5 Å². The molecule has 7 nitrogen and oxygen atoms in total. The van der Waals surface area contributed by atoms with Crippen molar-refractivity contribution in [3.63, 3.8) is 0 Å². The fourth-order valence-corrected chi connectivity index (χ4v) is 5.45. The number of hydrogen-bond acceptors (Lipinski definition) is 7. The van der Waals surface area contributed by atoms with Crippen molar-refractivity contribution in [3.05, 3.63) is 66.2 Å². The minimum absolute atomic E-state index is 0.175. The Hall–Kier alpha value is -3.16. The first-order valence-corrected chi connectivity index (χ1v) is 14.7. The average molecular weight is 551 g/mol. The van der Waals surface area contributed by atoms with E-state index in [0.29, 0.717) is 18.1 Å². The van der Waals surface area contributed by atoms with Gasteiger partial charge in [0.25, 0.3) is 0 Å². The lowest BCUT2D eigenvalue weighted by Crippen LogP contribution is -2.39. The summed E-state index contributed by atoms with van der Waals surface area (Å²) in [7, 11) is 0. The zero-order valence-electron chi connectivity index (χ0n) is 23.9. The largest absolute Gasteiger partial charge is 0.490 e. The summed E-state index contributed by atoms with van der Waals surface area (Å²) in [6.07, 6.45) is 9.24. The van der Waals surface area contributed by atoms with Crippen molar-refractivity contribution < 1.29 is 33.3 Å². The molecule has 2 fully saturated rings. The van der Waals surface area contributed by atoms with Crippen molar-refractivity contribution in [2.45, 2.75) is 77.8 Å². The van der Waals surface area contributed by atoms with E-state index < -0.39 is 30.4 Å². The first kappa shape index (κ1) is 29.8. The van der Waals surface area contributed by atoms with E-state index in [4.69, 9.17) is 23.7 Å². The molecule has 1 aliphatic carbocycles. The van der Waals surface area contributed by atoms with Crippen LogP contribution in [0.1, 0.15) is 71.1 Å². The summed E-state index contributed by atoms with van der Waals surface area (Å²) in [6, 6.07) is 15.6. The third-order valence-corrected chi connectivity index (χ3v) is 7.57. The molecule has 4 rings (SSSR count). The lowest BCUT2D eigenvalue weighted by Gasteiger charge is -2.26. The van der Waals surface area contributed by atoms with Gasteiger partial charge in [-0.05, 0) is 74.6 Å². The Labute approximate surface area is 237 Å². The van der Waals surface area contributed by atoms with E-state index in [1.54, 1.807) is 13.8 Å². The Morgan fingerprint density at radius 2 is 1.35 bits per heavy atom. The number of carbonyl (C=O) groups is 2. The molecule has 0 radical (unpaired) electrons. The molecule has 7 heteroatoms. The molecule has 1 heterocycles. The molecule has 1 saturated carbocycles. The second kappa shape index (κ2) is 15.0. The van der Waals surface area contributed by atoms with E-state index in [1.165, 1.54) is 38.5 Å². The highest BCUT2D eigenvalue weighted by Crippen LogP contribution is 2.34. The predicted octanol–water partition coefficient (Wildman–Crippen LogP) is 6.80. The maximum atomic E-state index is 12.3. The Morgan fingerprint density at radius 1 is 0.800 bits per heavy atom. The molecular weight excluding hydrogens is 508 g/mol. The maximum absolute atomic E-state index is 12.3. The maximum Gasteiger partial charge on any atom is 0.338 e. The number of hydrogen-bond donors (Lipinski definition) is 0. The van der Waals surface area contributed by atoms with Gasteiger partial charge in [-0.1, -0.05) is 68.3 Å². The fraction of sp³-hybridized carbons (Fsp3) is 0.515. The van der Waals surface area contributed by atoms with Crippen molar-refractivity contribution in [2.75, 3.05) is 19.8 Å². The molecular formula is C33H42O7. The molecule has 0 aromatic heterocycles. The molecule has 0 spiro atoms. The molecule has 0 bridgehead atoms. The molecule has 0 unspecified atom stereocenters. The fourth-order valence-electron chi connectivity index (χ4n) is 5.45. The third-order valence-electron chi connectivity index (χ3n) is 7.57. The number of benzene rings is 2. The van der Waals surface area contributed by atoms with Crippen molar-refractivity contribution in [1.29, 1.82) is 0 Å². The normalized spacial score (nSPS) is 23.3. The van der Waals surface area contributed by atoms with Crippen LogP contribution in [0.2, 0.25) is 0 Å². The van der Waals surface area contributed by atoms with Crippen LogP contribution in [0, 0.1) is 11.8 Å². The lowest BCUT2D eigenvalue weighted by atomic mass is 9.80. The Morgan fingerprint density at radius 3 is 1.88 bits per heavy atom. The second-order valence-corrected chi connectivity index (χ2v) is 10.4. The van der Waals surface area contributed by atoms with Crippen LogP contribution >= 0.6 is 0 Å². The zero-order valence-corrected chi connectivity index (χ0v) is 23.9. The Bertz CT molecular complexity index is 1070. The van der Waals surface area contributed by atoms with Crippen LogP contribution in [-0.4, -0.2) is 44.0 Å². The van der Waals surface area contributed by atoms with Gasteiger partial charge in [-0.15, -0.1) is 0 Å². The Balaban J connectivity index is 1.29. The summed E-state index contributed by atoms with van der Waals surface area (Å²) in [6.45, 7) is 6.59. The summed E-state index contributed by atoms with van der Waals surface area (Å²) < 4.78 is 27.6. The van der Waals surface area contributed by atoms with Crippen molar-refractivity contribution in [3.8, 4) is 16.9 Å². The smallest absolute Gasteiger partial charge is 0.338 e. The van der Waals surface area contributed by atoms with Crippen LogP contribution in [-0.2, 0) is 28.5 Å². The predicted molar refractivity (Wildman–Crippen MR) is 153 cm³/mol. The number of allylic oxidation sites excluding steroid dienone is 1. The number of rotatable bonds is 12. The SMILES string of the molecule is CCC[C@H]1CC[C@H](/C=C/COc2ccc(-c3ccc(C4O[C@@H](C(=O)OCC)[C@H](C(=O)OCC)O4)cc3)cc2)CC1. The summed E-state index contributed by atoms with van der Waals surface area (Å²) in [4.78, 5) is 24.7. The van der Waals surface area contributed by atoms with Gasteiger partial charge < -0.3 is 23.7 Å². The van der Waals surface area contributed by atoms with E-state index in [9.17, 15) is 9.59 Å². The monoisotopic (exact) mass is 550 g/mol. The van der Waals surface area contributed by atoms with Gasteiger partial charge in [-0.3, -0.25) is 0 Å².